The van der Waals surface area contributed by atoms with E-state index < -0.39 is 5.97 Å². The van der Waals surface area contributed by atoms with E-state index in [9.17, 15) is 9.59 Å². The number of anilines is 1. The van der Waals surface area contributed by atoms with Crippen LogP contribution in [0.5, 0.6) is 11.5 Å². The Hall–Kier alpha value is -3.52. The summed E-state index contributed by atoms with van der Waals surface area (Å²) in [7, 11) is 1.52. The maximum atomic E-state index is 12.3. The molecule has 172 valence electrons. The number of nitrogens with one attached hydrogen (secondary N) is 1. The molecule has 1 heterocycles. The average Bonchev–Trinajstić information content (AvgIpc) is 2.83. The summed E-state index contributed by atoms with van der Waals surface area (Å²) < 4.78 is 16.0. The molecule has 0 atom stereocenters. The second kappa shape index (κ2) is 11.9. The minimum atomic E-state index is -0.403. The molecule has 0 radical (unpaired) electrons. The smallest absolute Gasteiger partial charge is 0.338 e. The Bertz CT molecular complexity index is 1080. The van der Waals surface area contributed by atoms with Crippen LogP contribution in [0.4, 0.5) is 5.69 Å². The van der Waals surface area contributed by atoms with Crippen molar-refractivity contribution in [1.29, 1.82) is 0 Å². The van der Waals surface area contributed by atoms with Crippen molar-refractivity contribution in [2.45, 2.75) is 24.5 Å². The van der Waals surface area contributed by atoms with Crippen molar-refractivity contribution < 1.29 is 23.8 Å². The second-order valence-corrected chi connectivity index (χ2v) is 8.11. The molecule has 2 aromatic carbocycles. The molecule has 0 saturated heterocycles. The van der Waals surface area contributed by atoms with Crippen LogP contribution in [-0.4, -0.2) is 37.2 Å². The van der Waals surface area contributed by atoms with Crippen molar-refractivity contribution in [2.24, 2.45) is 0 Å². The second-order valence-electron chi connectivity index (χ2n) is 7.06. The van der Waals surface area contributed by atoms with Gasteiger partial charge in [-0.1, -0.05) is 17.7 Å². The monoisotopic (exact) mass is 466 g/mol. The molecule has 0 spiro atoms. The zero-order valence-electron chi connectivity index (χ0n) is 18.8. The number of benzene rings is 2. The average molecular weight is 467 g/mol. The predicted molar refractivity (Wildman–Crippen MR) is 128 cm³/mol. The Labute approximate surface area is 197 Å². The molecule has 0 fully saturated rings. The molecule has 3 aromatic rings. The number of hydrogen-bond donors (Lipinski definition) is 1. The lowest BCUT2D eigenvalue weighted by atomic mass is 10.2. The lowest BCUT2D eigenvalue weighted by molar-refractivity contribution is -0.118. The largest absolute Gasteiger partial charge is 0.491 e. The Morgan fingerprint density at radius 1 is 1.03 bits per heavy atom. The van der Waals surface area contributed by atoms with E-state index in [0.29, 0.717) is 35.1 Å². The van der Waals surface area contributed by atoms with Gasteiger partial charge < -0.3 is 19.5 Å². The summed E-state index contributed by atoms with van der Waals surface area (Å²) in [5.74, 6) is 0.807. The first-order chi connectivity index (χ1) is 16.0. The SMILES string of the molecule is CCOC(=O)c1ccc(NC(=O)COc2cc(CSc3ccc(C)cc3)ncc2OC)cc1. The lowest BCUT2D eigenvalue weighted by Crippen LogP contribution is -2.20. The van der Waals surface area contributed by atoms with Crippen LogP contribution in [-0.2, 0) is 15.3 Å². The van der Waals surface area contributed by atoms with E-state index in [1.54, 1.807) is 55.2 Å². The fraction of sp³-hybridized carbons (Fsp3) is 0.240. The third kappa shape index (κ3) is 7.25. The minimum Gasteiger partial charge on any atom is -0.491 e. The first-order valence-corrected chi connectivity index (χ1v) is 11.4. The van der Waals surface area contributed by atoms with Crippen molar-refractivity contribution >= 4 is 29.3 Å². The van der Waals surface area contributed by atoms with Crippen molar-refractivity contribution in [2.75, 3.05) is 25.6 Å². The Morgan fingerprint density at radius 3 is 2.42 bits per heavy atom. The number of aryl methyl sites for hydroxylation is 1. The third-order valence-electron chi connectivity index (χ3n) is 4.55. The summed E-state index contributed by atoms with van der Waals surface area (Å²) >= 11 is 1.67. The summed E-state index contributed by atoms with van der Waals surface area (Å²) in [5, 5.41) is 2.74. The third-order valence-corrected chi connectivity index (χ3v) is 5.60. The van der Waals surface area contributed by atoms with Crippen LogP contribution >= 0.6 is 11.8 Å². The van der Waals surface area contributed by atoms with Crippen LogP contribution in [0.2, 0.25) is 0 Å². The highest BCUT2D eigenvalue weighted by atomic mass is 32.2. The highest BCUT2D eigenvalue weighted by Gasteiger charge is 2.12. The number of thioether (sulfide) groups is 1. The molecule has 1 amide bonds. The van der Waals surface area contributed by atoms with Gasteiger partial charge in [0.2, 0.25) is 0 Å². The number of rotatable bonds is 10. The maximum absolute atomic E-state index is 12.3. The molecule has 0 bridgehead atoms. The summed E-state index contributed by atoms with van der Waals surface area (Å²) in [6.07, 6.45) is 1.59. The molecule has 1 aromatic heterocycles. The number of amides is 1. The topological polar surface area (TPSA) is 86.8 Å². The summed E-state index contributed by atoms with van der Waals surface area (Å²) in [4.78, 5) is 29.6. The van der Waals surface area contributed by atoms with Crippen LogP contribution < -0.4 is 14.8 Å². The van der Waals surface area contributed by atoms with Gasteiger partial charge in [-0.2, -0.15) is 0 Å². The van der Waals surface area contributed by atoms with Crippen molar-refractivity contribution in [3.8, 4) is 11.5 Å². The molecule has 0 aliphatic carbocycles. The number of esters is 1. The quantitative estimate of drug-likeness (QED) is 0.336. The number of nitrogens with zero attached hydrogens (tertiary/aromatic N) is 1. The standard InChI is InChI=1S/C25H26N2O5S/c1-4-31-25(29)18-7-9-19(10-8-18)27-24(28)15-32-22-13-20(26-14-23(22)30-3)16-33-21-11-5-17(2)6-12-21/h5-14H,4,15-16H2,1-3H3,(H,27,28). The van der Waals surface area contributed by atoms with Crippen molar-refractivity contribution in [1.82, 2.24) is 4.98 Å². The Morgan fingerprint density at radius 2 is 1.76 bits per heavy atom. The van der Waals surface area contributed by atoms with Gasteiger partial charge in [-0.3, -0.25) is 9.78 Å². The molecule has 0 aliphatic heterocycles. The summed E-state index contributed by atoms with van der Waals surface area (Å²) in [6.45, 7) is 3.90. The molecule has 0 saturated carbocycles. The van der Waals surface area contributed by atoms with Gasteiger partial charge in [0.05, 0.1) is 31.2 Å². The number of carbonyl (C=O) groups excluding carboxylic acids is 2. The van der Waals surface area contributed by atoms with Crippen molar-refractivity contribution in [3.63, 3.8) is 0 Å². The zero-order valence-corrected chi connectivity index (χ0v) is 19.6. The molecular formula is C25H26N2O5S. The van der Waals surface area contributed by atoms with Crippen LogP contribution in [0.3, 0.4) is 0 Å². The Balaban J connectivity index is 1.56. The number of methoxy groups -OCH3 is 1. The van der Waals surface area contributed by atoms with Gasteiger partial charge in [-0.15, -0.1) is 11.8 Å². The van der Waals surface area contributed by atoms with Gasteiger partial charge in [-0.25, -0.2) is 4.79 Å². The number of hydrogen-bond acceptors (Lipinski definition) is 7. The highest BCUT2D eigenvalue weighted by molar-refractivity contribution is 7.98. The normalized spacial score (nSPS) is 10.4. The number of ether oxygens (including phenoxy) is 3. The van der Waals surface area contributed by atoms with E-state index in [1.165, 1.54) is 12.7 Å². The molecule has 8 heteroatoms. The summed E-state index contributed by atoms with van der Waals surface area (Å²) in [5.41, 5.74) is 2.99. The summed E-state index contributed by atoms with van der Waals surface area (Å²) in [6, 6.07) is 16.5. The molecule has 7 nitrogen and oxygen atoms in total. The van der Waals surface area contributed by atoms with E-state index in [2.05, 4.69) is 41.5 Å². The molecule has 1 N–H and O–H groups in total. The molecule has 0 aliphatic rings. The van der Waals surface area contributed by atoms with Crippen LogP contribution in [0, 0.1) is 6.92 Å². The van der Waals surface area contributed by atoms with E-state index in [0.717, 1.165) is 10.6 Å². The van der Waals surface area contributed by atoms with E-state index in [-0.39, 0.29) is 12.5 Å². The first-order valence-electron chi connectivity index (χ1n) is 10.4. The molecule has 33 heavy (non-hydrogen) atoms. The highest BCUT2D eigenvalue weighted by Crippen LogP contribution is 2.29. The number of carbonyl (C=O) groups is 2. The van der Waals surface area contributed by atoms with Gasteiger partial charge in [0.1, 0.15) is 0 Å². The van der Waals surface area contributed by atoms with E-state index in [1.807, 2.05) is 0 Å². The van der Waals surface area contributed by atoms with Crippen LogP contribution in [0.15, 0.2) is 65.7 Å². The molecular weight excluding hydrogens is 440 g/mol. The van der Waals surface area contributed by atoms with Gasteiger partial charge in [0, 0.05) is 22.4 Å². The predicted octanol–water partition coefficient (Wildman–Crippen LogP) is 4.89. The Kier molecular flexibility index (Phi) is 8.71. The van der Waals surface area contributed by atoms with Gasteiger partial charge in [0.25, 0.3) is 5.91 Å². The van der Waals surface area contributed by atoms with Gasteiger partial charge >= 0.3 is 5.97 Å². The fourth-order valence-electron chi connectivity index (χ4n) is 2.85. The number of pyridine rings is 1. The number of aromatic nitrogens is 1. The van der Waals surface area contributed by atoms with Crippen molar-refractivity contribution in [3.05, 3.63) is 77.6 Å². The lowest BCUT2D eigenvalue weighted by Gasteiger charge is -2.12. The fourth-order valence-corrected chi connectivity index (χ4v) is 3.65. The molecule has 3 rings (SSSR count). The van der Waals surface area contributed by atoms with E-state index in [4.69, 9.17) is 14.2 Å². The maximum Gasteiger partial charge on any atom is 0.338 e. The van der Waals surface area contributed by atoms with Crippen LogP contribution in [0.1, 0.15) is 28.5 Å². The van der Waals surface area contributed by atoms with Crippen LogP contribution in [0.25, 0.3) is 0 Å². The van der Waals surface area contributed by atoms with Gasteiger partial charge in [-0.05, 0) is 50.2 Å². The van der Waals surface area contributed by atoms with Gasteiger partial charge in [0.15, 0.2) is 18.1 Å². The zero-order chi connectivity index (χ0) is 23.6. The first kappa shape index (κ1) is 24.1. The minimum absolute atomic E-state index is 0.204. The molecule has 0 unspecified atom stereocenters. The van der Waals surface area contributed by atoms with E-state index >= 15 is 0 Å².